The van der Waals surface area contributed by atoms with Gasteiger partial charge in [-0.05, 0) is 36.9 Å². The largest absolute Gasteiger partial charge is 0.345 e. The number of rotatable bonds is 1. The van der Waals surface area contributed by atoms with Crippen LogP contribution in [0, 0.1) is 13.8 Å². The van der Waals surface area contributed by atoms with Gasteiger partial charge in [-0.15, -0.1) is 11.3 Å². The van der Waals surface area contributed by atoms with E-state index in [1.807, 2.05) is 37.4 Å². The van der Waals surface area contributed by atoms with Crippen molar-refractivity contribution >= 4 is 23.1 Å². The molecule has 1 amide bonds. The Balaban J connectivity index is 2.04. The topological polar surface area (TPSA) is 54.0 Å². The van der Waals surface area contributed by atoms with Gasteiger partial charge in [0.15, 0.2) is 0 Å². The first-order valence-corrected chi connectivity index (χ1v) is 6.62. The number of carbonyl (C=O) groups excluding carboxylic acids is 1. The van der Waals surface area contributed by atoms with Gasteiger partial charge in [0, 0.05) is 10.6 Å². The van der Waals surface area contributed by atoms with Crippen LogP contribution in [0.4, 0.5) is 5.82 Å². The highest BCUT2D eigenvalue weighted by Crippen LogP contribution is 2.29. The number of hydrogen-bond donors (Lipinski definition) is 2. The molecule has 0 bridgehead atoms. The summed E-state index contributed by atoms with van der Waals surface area (Å²) in [6.07, 6.45) is -0.182. The Morgan fingerprint density at radius 2 is 2.17 bits per heavy atom. The maximum absolute atomic E-state index is 12.1. The van der Waals surface area contributed by atoms with Gasteiger partial charge in [0.05, 0.1) is 5.56 Å². The van der Waals surface area contributed by atoms with Crippen LogP contribution in [-0.4, -0.2) is 10.9 Å². The summed E-state index contributed by atoms with van der Waals surface area (Å²) < 4.78 is 0. The third kappa shape index (κ3) is 1.76. The van der Waals surface area contributed by atoms with Crippen LogP contribution in [-0.2, 0) is 0 Å². The fraction of sp³-hybridized carbons (Fsp3) is 0.231. The normalized spacial score (nSPS) is 17.9. The van der Waals surface area contributed by atoms with Gasteiger partial charge in [-0.3, -0.25) is 4.79 Å². The molecule has 0 fully saturated rings. The molecule has 4 nitrogen and oxygen atoms in total. The minimum absolute atomic E-state index is 0.0628. The average molecular weight is 259 g/mol. The maximum atomic E-state index is 12.1. The highest BCUT2D eigenvalue weighted by molar-refractivity contribution is 7.10. The van der Waals surface area contributed by atoms with Gasteiger partial charge in [-0.1, -0.05) is 6.07 Å². The lowest BCUT2D eigenvalue weighted by Gasteiger charge is -2.27. The van der Waals surface area contributed by atoms with E-state index in [0.29, 0.717) is 11.4 Å². The van der Waals surface area contributed by atoms with E-state index in [0.717, 1.165) is 16.1 Å². The Labute approximate surface area is 109 Å². The van der Waals surface area contributed by atoms with Crippen molar-refractivity contribution in [3.63, 3.8) is 0 Å². The molecule has 1 unspecified atom stereocenters. The molecule has 2 N–H and O–H groups in total. The molecule has 1 aliphatic heterocycles. The quantitative estimate of drug-likeness (QED) is 0.827. The molecule has 0 aromatic carbocycles. The Kier molecular flexibility index (Phi) is 2.56. The van der Waals surface area contributed by atoms with Crippen LogP contribution in [0.15, 0.2) is 23.6 Å². The van der Waals surface area contributed by atoms with Gasteiger partial charge in [-0.2, -0.15) is 0 Å². The lowest BCUT2D eigenvalue weighted by molar-refractivity contribution is 0.0935. The van der Waals surface area contributed by atoms with Crippen LogP contribution in [0.5, 0.6) is 0 Å². The molecule has 0 saturated heterocycles. The molecular formula is C13H13N3OS. The van der Waals surface area contributed by atoms with E-state index in [1.54, 1.807) is 11.3 Å². The highest BCUT2D eigenvalue weighted by atomic mass is 32.1. The lowest BCUT2D eigenvalue weighted by atomic mass is 10.1. The first kappa shape index (κ1) is 11.2. The first-order valence-electron chi connectivity index (χ1n) is 5.74. The summed E-state index contributed by atoms with van der Waals surface area (Å²) in [5, 5.41) is 8.23. The number of pyridine rings is 1. The number of amides is 1. The van der Waals surface area contributed by atoms with Crippen molar-refractivity contribution in [1.29, 1.82) is 0 Å². The summed E-state index contributed by atoms with van der Waals surface area (Å²) >= 11 is 1.61. The number of thiophene rings is 1. The molecule has 2 aromatic heterocycles. The number of fused-ring (bicyclic) bond motifs is 1. The van der Waals surface area contributed by atoms with Gasteiger partial charge in [0.25, 0.3) is 5.91 Å². The van der Waals surface area contributed by atoms with E-state index in [9.17, 15) is 4.79 Å². The van der Waals surface area contributed by atoms with Crippen LogP contribution in [0.2, 0.25) is 0 Å². The third-order valence-corrected chi connectivity index (χ3v) is 3.89. The molecule has 18 heavy (non-hydrogen) atoms. The number of nitrogens with zero attached hydrogens (tertiary/aromatic N) is 1. The molecule has 1 atom stereocenters. The zero-order valence-corrected chi connectivity index (χ0v) is 11.0. The average Bonchev–Trinajstić information content (AvgIpc) is 2.80. The standard InChI is InChI=1S/C13H13N3OS/c1-7-6-8(2)14-12-10(7)13(17)16-11(15-12)9-4-3-5-18-9/h3-6,11H,1-2H3,(H,14,15)(H,16,17). The third-order valence-electron chi connectivity index (χ3n) is 2.96. The molecule has 2 aromatic rings. The van der Waals surface area contributed by atoms with Crippen molar-refractivity contribution in [1.82, 2.24) is 10.3 Å². The van der Waals surface area contributed by atoms with Crippen LogP contribution in [0.3, 0.4) is 0 Å². The number of aromatic nitrogens is 1. The number of nitrogens with one attached hydrogen (secondary N) is 2. The van der Waals surface area contributed by atoms with Gasteiger partial charge >= 0.3 is 0 Å². The highest BCUT2D eigenvalue weighted by Gasteiger charge is 2.27. The fourth-order valence-corrected chi connectivity index (χ4v) is 2.93. The smallest absolute Gasteiger partial charge is 0.257 e. The molecule has 0 spiro atoms. The summed E-state index contributed by atoms with van der Waals surface area (Å²) in [5.41, 5.74) is 2.51. The summed E-state index contributed by atoms with van der Waals surface area (Å²) in [5.74, 6) is 0.613. The molecule has 0 aliphatic carbocycles. The summed E-state index contributed by atoms with van der Waals surface area (Å²) in [6.45, 7) is 3.86. The second-order valence-corrected chi connectivity index (χ2v) is 5.35. The molecule has 5 heteroatoms. The zero-order valence-electron chi connectivity index (χ0n) is 10.2. The van der Waals surface area contributed by atoms with E-state index in [4.69, 9.17) is 0 Å². The van der Waals surface area contributed by atoms with Gasteiger partial charge in [0.2, 0.25) is 0 Å². The van der Waals surface area contributed by atoms with Crippen molar-refractivity contribution in [2.75, 3.05) is 5.32 Å². The Hall–Kier alpha value is -1.88. The SMILES string of the molecule is Cc1cc(C)c2c(n1)NC(c1cccs1)NC2=O. The number of hydrogen-bond acceptors (Lipinski definition) is 4. The Morgan fingerprint density at radius 3 is 2.89 bits per heavy atom. The molecule has 3 heterocycles. The minimum Gasteiger partial charge on any atom is -0.345 e. The van der Waals surface area contributed by atoms with Crippen molar-refractivity contribution in [2.24, 2.45) is 0 Å². The van der Waals surface area contributed by atoms with E-state index in [1.165, 1.54) is 0 Å². The van der Waals surface area contributed by atoms with Gasteiger partial charge in [0.1, 0.15) is 12.0 Å². The molecule has 92 valence electrons. The lowest BCUT2D eigenvalue weighted by Crippen LogP contribution is -2.39. The number of anilines is 1. The van der Waals surface area contributed by atoms with Crippen molar-refractivity contribution in [3.8, 4) is 0 Å². The Bertz CT molecular complexity index is 607. The van der Waals surface area contributed by atoms with Crippen molar-refractivity contribution in [3.05, 3.63) is 45.3 Å². The predicted octanol–water partition coefficient (Wildman–Crippen LogP) is 2.61. The van der Waals surface area contributed by atoms with Crippen LogP contribution in [0.1, 0.15) is 32.7 Å². The van der Waals surface area contributed by atoms with E-state index in [-0.39, 0.29) is 12.1 Å². The van der Waals surface area contributed by atoms with Gasteiger partial charge < -0.3 is 10.6 Å². The maximum Gasteiger partial charge on any atom is 0.257 e. The monoisotopic (exact) mass is 259 g/mol. The number of aryl methyl sites for hydroxylation is 2. The van der Waals surface area contributed by atoms with Crippen LogP contribution in [0.25, 0.3) is 0 Å². The van der Waals surface area contributed by atoms with E-state index < -0.39 is 0 Å². The van der Waals surface area contributed by atoms with Crippen LogP contribution >= 0.6 is 11.3 Å². The van der Waals surface area contributed by atoms with Gasteiger partial charge in [-0.25, -0.2) is 4.98 Å². The summed E-state index contributed by atoms with van der Waals surface area (Å²) in [6, 6.07) is 5.89. The van der Waals surface area contributed by atoms with E-state index >= 15 is 0 Å². The summed E-state index contributed by atoms with van der Waals surface area (Å²) in [7, 11) is 0. The zero-order chi connectivity index (χ0) is 12.7. The molecule has 3 rings (SSSR count). The van der Waals surface area contributed by atoms with E-state index in [2.05, 4.69) is 15.6 Å². The first-order chi connectivity index (χ1) is 8.65. The Morgan fingerprint density at radius 1 is 1.33 bits per heavy atom. The minimum atomic E-state index is -0.182. The van der Waals surface area contributed by atoms with Crippen LogP contribution < -0.4 is 10.6 Å². The fourth-order valence-electron chi connectivity index (χ4n) is 2.20. The van der Waals surface area contributed by atoms with Crippen molar-refractivity contribution < 1.29 is 4.79 Å². The molecule has 0 saturated carbocycles. The predicted molar refractivity (Wildman–Crippen MR) is 71.9 cm³/mol. The second kappa shape index (κ2) is 4.10. The molecule has 1 aliphatic rings. The molecule has 0 radical (unpaired) electrons. The second-order valence-electron chi connectivity index (χ2n) is 4.37. The number of carbonyl (C=O) groups is 1. The van der Waals surface area contributed by atoms with Crippen molar-refractivity contribution in [2.45, 2.75) is 20.0 Å². The summed E-state index contributed by atoms with van der Waals surface area (Å²) in [4.78, 5) is 17.6. The molecular weight excluding hydrogens is 246 g/mol.